The maximum atomic E-state index is 10.4. The van der Waals surface area contributed by atoms with Crippen molar-refractivity contribution in [3.05, 3.63) is 36.2 Å². The highest BCUT2D eigenvalue weighted by Gasteiger charge is 2.21. The lowest BCUT2D eigenvalue weighted by molar-refractivity contribution is -0.109. The molecule has 0 atom stereocenters. The normalized spacial score (nSPS) is 11.5. The van der Waals surface area contributed by atoms with Gasteiger partial charge in [0.25, 0.3) is 0 Å². The van der Waals surface area contributed by atoms with E-state index in [4.69, 9.17) is 0 Å². The molecule has 0 aliphatic rings. The third-order valence-corrected chi connectivity index (χ3v) is 3.30. The molecule has 2 rings (SSSR count). The van der Waals surface area contributed by atoms with Crippen molar-refractivity contribution in [3.63, 3.8) is 0 Å². The van der Waals surface area contributed by atoms with E-state index in [2.05, 4.69) is 47.8 Å². The first-order valence-corrected chi connectivity index (χ1v) is 6.27. The highest BCUT2D eigenvalue weighted by Crippen LogP contribution is 2.26. The molecule has 1 aromatic heterocycles. The van der Waals surface area contributed by atoms with E-state index >= 15 is 0 Å². The minimum absolute atomic E-state index is 0.128. The summed E-state index contributed by atoms with van der Waals surface area (Å²) in [6.07, 6.45) is 0.730. The van der Waals surface area contributed by atoms with Crippen LogP contribution < -0.4 is 5.32 Å². The number of fused-ring (bicyclic) bond motifs is 1. The van der Waals surface area contributed by atoms with Gasteiger partial charge < -0.3 is 10.3 Å². The standard InChI is InChI=1S/C15H19N3O/c1-10(2)14-17-12-6-5-11(7-13(12)18-14)15(3,4)8-16-9-19/h5-7,9H,1,8H2,2-4H3,(H,16,19)(H,17,18). The first-order chi connectivity index (χ1) is 8.94. The van der Waals surface area contributed by atoms with Crippen LogP contribution in [0.3, 0.4) is 0 Å². The monoisotopic (exact) mass is 257 g/mol. The van der Waals surface area contributed by atoms with Crippen molar-refractivity contribution in [2.75, 3.05) is 6.54 Å². The lowest BCUT2D eigenvalue weighted by atomic mass is 9.84. The van der Waals surface area contributed by atoms with Crippen molar-refractivity contribution >= 4 is 23.0 Å². The molecule has 0 spiro atoms. The molecule has 1 amide bonds. The number of hydrogen-bond donors (Lipinski definition) is 2. The Balaban J connectivity index is 2.40. The number of rotatable bonds is 5. The van der Waals surface area contributed by atoms with Gasteiger partial charge in [0, 0.05) is 12.0 Å². The third kappa shape index (κ3) is 2.67. The van der Waals surface area contributed by atoms with Crippen LogP contribution in [0.5, 0.6) is 0 Å². The average Bonchev–Trinajstić information content (AvgIpc) is 2.79. The zero-order valence-corrected chi connectivity index (χ0v) is 11.6. The molecule has 0 fully saturated rings. The van der Waals surface area contributed by atoms with E-state index in [1.165, 1.54) is 0 Å². The van der Waals surface area contributed by atoms with Crippen LogP contribution in [0.1, 0.15) is 32.2 Å². The Bertz CT molecular complexity index is 625. The molecular formula is C15H19N3O. The number of carbonyl (C=O) groups excluding carboxylic acids is 1. The van der Waals surface area contributed by atoms with Crippen molar-refractivity contribution in [3.8, 4) is 0 Å². The van der Waals surface area contributed by atoms with Crippen LogP contribution in [0.15, 0.2) is 24.8 Å². The minimum Gasteiger partial charge on any atom is -0.358 e. The Hall–Kier alpha value is -2.10. The number of allylic oxidation sites excluding steroid dienone is 1. The van der Waals surface area contributed by atoms with E-state index in [0.717, 1.165) is 34.4 Å². The Morgan fingerprint density at radius 1 is 1.53 bits per heavy atom. The molecule has 1 heterocycles. The topological polar surface area (TPSA) is 57.8 Å². The highest BCUT2D eigenvalue weighted by molar-refractivity contribution is 5.79. The predicted octanol–water partition coefficient (Wildman–Crippen LogP) is 2.62. The van der Waals surface area contributed by atoms with Gasteiger partial charge in [-0.2, -0.15) is 0 Å². The summed E-state index contributed by atoms with van der Waals surface area (Å²) in [5.74, 6) is 0.816. The molecule has 0 saturated heterocycles. The fourth-order valence-corrected chi connectivity index (χ4v) is 2.03. The Morgan fingerprint density at radius 2 is 2.26 bits per heavy atom. The van der Waals surface area contributed by atoms with Crippen LogP contribution >= 0.6 is 0 Å². The highest BCUT2D eigenvalue weighted by atomic mass is 16.1. The van der Waals surface area contributed by atoms with Gasteiger partial charge in [0.2, 0.25) is 6.41 Å². The molecular weight excluding hydrogens is 238 g/mol. The van der Waals surface area contributed by atoms with Crippen LogP contribution in [0.25, 0.3) is 16.6 Å². The van der Waals surface area contributed by atoms with E-state index < -0.39 is 0 Å². The molecule has 1 aromatic carbocycles. The summed E-state index contributed by atoms with van der Waals surface area (Å²) in [7, 11) is 0. The molecule has 2 N–H and O–H groups in total. The number of benzene rings is 1. The molecule has 0 saturated carbocycles. The van der Waals surface area contributed by atoms with Crippen molar-refractivity contribution in [2.24, 2.45) is 0 Å². The van der Waals surface area contributed by atoms with Crippen LogP contribution in [0, 0.1) is 0 Å². The number of carbonyl (C=O) groups is 1. The smallest absolute Gasteiger partial charge is 0.207 e. The summed E-state index contributed by atoms with van der Waals surface area (Å²) in [6.45, 7) is 10.6. The van der Waals surface area contributed by atoms with Gasteiger partial charge in [-0.25, -0.2) is 4.98 Å². The zero-order valence-electron chi connectivity index (χ0n) is 11.6. The second-order valence-electron chi connectivity index (χ2n) is 5.48. The van der Waals surface area contributed by atoms with Gasteiger partial charge in [0.15, 0.2) is 0 Å². The molecule has 2 aromatic rings. The van der Waals surface area contributed by atoms with Crippen LogP contribution in [0.2, 0.25) is 0 Å². The molecule has 0 aliphatic heterocycles. The molecule has 19 heavy (non-hydrogen) atoms. The summed E-state index contributed by atoms with van der Waals surface area (Å²) >= 11 is 0. The molecule has 0 unspecified atom stereocenters. The van der Waals surface area contributed by atoms with Gasteiger partial charge in [0.05, 0.1) is 11.0 Å². The first kappa shape index (κ1) is 13.3. The summed E-state index contributed by atoms with van der Waals surface area (Å²) in [4.78, 5) is 18.2. The summed E-state index contributed by atoms with van der Waals surface area (Å²) in [6, 6.07) is 6.15. The van der Waals surface area contributed by atoms with Crippen molar-refractivity contribution < 1.29 is 4.79 Å². The lowest BCUT2D eigenvalue weighted by Crippen LogP contribution is -2.32. The van der Waals surface area contributed by atoms with Crippen molar-refractivity contribution in [1.82, 2.24) is 15.3 Å². The third-order valence-electron chi connectivity index (χ3n) is 3.30. The number of nitrogens with one attached hydrogen (secondary N) is 2. The van der Waals surface area contributed by atoms with Crippen molar-refractivity contribution in [2.45, 2.75) is 26.2 Å². The fraction of sp³-hybridized carbons (Fsp3) is 0.333. The Morgan fingerprint density at radius 3 is 2.89 bits per heavy atom. The Kier molecular flexibility index (Phi) is 3.42. The summed E-state index contributed by atoms with van der Waals surface area (Å²) < 4.78 is 0. The fourth-order valence-electron chi connectivity index (χ4n) is 2.03. The molecule has 0 aliphatic carbocycles. The number of aromatic nitrogens is 2. The molecule has 0 bridgehead atoms. The van der Waals surface area contributed by atoms with Crippen LogP contribution in [0.4, 0.5) is 0 Å². The molecule has 100 valence electrons. The summed E-state index contributed by atoms with van der Waals surface area (Å²) in [5.41, 5.74) is 3.86. The minimum atomic E-state index is -0.128. The first-order valence-electron chi connectivity index (χ1n) is 6.27. The van der Waals surface area contributed by atoms with Gasteiger partial charge in [-0.15, -0.1) is 0 Å². The summed E-state index contributed by atoms with van der Waals surface area (Å²) in [5, 5.41) is 2.74. The number of imidazole rings is 1. The number of amides is 1. The van der Waals surface area contributed by atoms with Crippen LogP contribution in [-0.2, 0) is 10.2 Å². The van der Waals surface area contributed by atoms with Crippen LogP contribution in [-0.4, -0.2) is 22.9 Å². The molecule has 4 nitrogen and oxygen atoms in total. The van der Waals surface area contributed by atoms with E-state index in [9.17, 15) is 4.79 Å². The van der Waals surface area contributed by atoms with Gasteiger partial charge in [0.1, 0.15) is 5.82 Å². The van der Waals surface area contributed by atoms with E-state index in [1.54, 1.807) is 0 Å². The largest absolute Gasteiger partial charge is 0.358 e. The average molecular weight is 257 g/mol. The number of hydrogen-bond acceptors (Lipinski definition) is 2. The van der Waals surface area contributed by atoms with E-state index in [0.29, 0.717) is 6.54 Å². The number of H-pyrrole nitrogens is 1. The molecule has 0 radical (unpaired) electrons. The maximum Gasteiger partial charge on any atom is 0.207 e. The van der Waals surface area contributed by atoms with E-state index in [1.807, 2.05) is 13.0 Å². The van der Waals surface area contributed by atoms with Gasteiger partial charge in [-0.05, 0) is 30.2 Å². The maximum absolute atomic E-state index is 10.4. The van der Waals surface area contributed by atoms with E-state index in [-0.39, 0.29) is 5.41 Å². The quantitative estimate of drug-likeness (QED) is 0.809. The van der Waals surface area contributed by atoms with Crippen molar-refractivity contribution in [1.29, 1.82) is 0 Å². The predicted molar refractivity (Wildman–Crippen MR) is 77.9 cm³/mol. The SMILES string of the molecule is C=C(C)c1nc2cc(C(C)(C)CNC=O)ccc2[nH]1. The second-order valence-corrected chi connectivity index (χ2v) is 5.48. The Labute approximate surface area is 112 Å². The molecule has 4 heteroatoms. The van der Waals surface area contributed by atoms with Gasteiger partial charge in [-0.1, -0.05) is 26.5 Å². The lowest BCUT2D eigenvalue weighted by Gasteiger charge is -2.24. The zero-order chi connectivity index (χ0) is 14.0. The number of nitrogens with zero attached hydrogens (tertiary/aromatic N) is 1. The second kappa shape index (κ2) is 4.88. The number of aromatic amines is 1. The van der Waals surface area contributed by atoms with Gasteiger partial charge in [-0.3, -0.25) is 4.79 Å². The van der Waals surface area contributed by atoms with Gasteiger partial charge >= 0.3 is 0 Å².